The van der Waals surface area contributed by atoms with Crippen LogP contribution in [0.5, 0.6) is 0 Å². The van der Waals surface area contributed by atoms with Crippen LogP contribution in [0.25, 0.3) is 0 Å². The summed E-state index contributed by atoms with van der Waals surface area (Å²) in [6.45, 7) is -0.101. The molecule has 0 N–H and O–H groups in total. The maximum Gasteiger partial charge on any atom is 0.330 e. The number of hydrogen-bond donors (Lipinski definition) is 0. The molecule has 8 heteroatoms. The van der Waals surface area contributed by atoms with Crippen LogP contribution in [0, 0.1) is 11.3 Å². The van der Waals surface area contributed by atoms with Crippen molar-refractivity contribution in [3.05, 3.63) is 35.9 Å². The number of fused-ring (bicyclic) bond motifs is 1. The Kier molecular flexibility index (Phi) is 5.71. The van der Waals surface area contributed by atoms with Gasteiger partial charge in [-0.1, -0.05) is 30.3 Å². The van der Waals surface area contributed by atoms with Gasteiger partial charge in [-0.15, -0.1) is 11.8 Å². The monoisotopic (exact) mass is 387 g/mol. The van der Waals surface area contributed by atoms with Gasteiger partial charge >= 0.3 is 5.97 Å². The van der Waals surface area contributed by atoms with Crippen LogP contribution in [0.3, 0.4) is 0 Å². The first-order chi connectivity index (χ1) is 13.0. The van der Waals surface area contributed by atoms with Gasteiger partial charge in [0.25, 0.3) is 5.91 Å². The third-order valence-electron chi connectivity index (χ3n) is 4.95. The molecule has 142 valence electrons. The van der Waals surface area contributed by atoms with Crippen molar-refractivity contribution in [3.63, 3.8) is 0 Å². The van der Waals surface area contributed by atoms with Gasteiger partial charge in [0.15, 0.2) is 6.61 Å². The maximum atomic E-state index is 12.6. The number of amides is 2. The minimum atomic E-state index is -0.692. The van der Waals surface area contributed by atoms with Crippen LogP contribution < -0.4 is 0 Å². The second-order valence-corrected chi connectivity index (χ2v) is 7.87. The van der Waals surface area contributed by atoms with Crippen molar-refractivity contribution in [2.75, 3.05) is 26.0 Å². The summed E-state index contributed by atoms with van der Waals surface area (Å²) in [5.74, 6) is -0.551. The lowest BCUT2D eigenvalue weighted by Crippen LogP contribution is -2.47. The molecule has 7 nitrogen and oxygen atoms in total. The lowest BCUT2D eigenvalue weighted by molar-refractivity contribution is -0.158. The summed E-state index contributed by atoms with van der Waals surface area (Å²) in [4.78, 5) is 39.6. The molecule has 0 spiro atoms. The first-order valence-corrected chi connectivity index (χ1v) is 9.77. The highest BCUT2D eigenvalue weighted by Gasteiger charge is 2.57. The van der Waals surface area contributed by atoms with Crippen molar-refractivity contribution < 1.29 is 19.1 Å². The Bertz CT molecular complexity index is 779. The predicted molar refractivity (Wildman–Crippen MR) is 99.3 cm³/mol. The first-order valence-electron chi connectivity index (χ1n) is 8.79. The summed E-state index contributed by atoms with van der Waals surface area (Å²) in [6, 6.07) is 11.0. The summed E-state index contributed by atoms with van der Waals surface area (Å²) in [6.07, 6.45) is 1.26. The number of nitrogens with zero attached hydrogens (tertiary/aromatic N) is 3. The molecule has 2 atom stereocenters. The highest BCUT2D eigenvalue weighted by Crippen LogP contribution is 2.54. The molecule has 2 heterocycles. The van der Waals surface area contributed by atoms with E-state index >= 15 is 0 Å². The van der Waals surface area contributed by atoms with Gasteiger partial charge in [0.2, 0.25) is 5.91 Å². The van der Waals surface area contributed by atoms with Crippen LogP contribution in [-0.4, -0.2) is 59.6 Å². The van der Waals surface area contributed by atoms with Crippen molar-refractivity contribution in [1.29, 1.82) is 5.26 Å². The molecule has 0 aromatic heterocycles. The lowest BCUT2D eigenvalue weighted by Gasteiger charge is -2.33. The minimum absolute atomic E-state index is 0.0664. The quantitative estimate of drug-likeness (QED) is 0.687. The number of rotatable bonds is 6. The van der Waals surface area contributed by atoms with E-state index in [-0.39, 0.29) is 31.4 Å². The van der Waals surface area contributed by atoms with Crippen molar-refractivity contribution in [2.24, 2.45) is 0 Å². The standard InChI is InChI=1S/C19H21N3O4S/c1-21(11-5-10-20)17(24)12-26-18(25)15-13-27-19(9-8-16(23)22(15)19)14-6-3-2-4-7-14/h2-4,6-7,15H,5,8-9,11-13H2,1H3/t15-,19-/m0/s1. The Hall–Kier alpha value is -2.53. The predicted octanol–water partition coefficient (Wildman–Crippen LogP) is 1.49. The minimum Gasteiger partial charge on any atom is -0.454 e. The molecular weight excluding hydrogens is 366 g/mol. The van der Waals surface area contributed by atoms with E-state index in [0.717, 1.165) is 5.56 Å². The molecule has 2 amide bonds. The van der Waals surface area contributed by atoms with E-state index < -0.39 is 16.9 Å². The topological polar surface area (TPSA) is 90.7 Å². The van der Waals surface area contributed by atoms with Crippen LogP contribution in [0.15, 0.2) is 30.3 Å². The van der Waals surface area contributed by atoms with Gasteiger partial charge in [0.1, 0.15) is 10.9 Å². The summed E-state index contributed by atoms with van der Waals surface area (Å²) < 4.78 is 5.21. The molecule has 27 heavy (non-hydrogen) atoms. The molecule has 3 rings (SSSR count). The highest BCUT2D eigenvalue weighted by atomic mass is 32.2. The van der Waals surface area contributed by atoms with E-state index in [9.17, 15) is 14.4 Å². The van der Waals surface area contributed by atoms with Crippen molar-refractivity contribution in [2.45, 2.75) is 30.2 Å². The van der Waals surface area contributed by atoms with Crippen molar-refractivity contribution in [3.8, 4) is 6.07 Å². The number of likely N-dealkylation sites (N-methyl/N-ethyl adjacent to an activating group) is 1. The molecule has 2 aliphatic heterocycles. The fourth-order valence-electron chi connectivity index (χ4n) is 3.50. The number of esters is 1. The third-order valence-corrected chi connectivity index (χ3v) is 6.54. The highest BCUT2D eigenvalue weighted by molar-refractivity contribution is 8.00. The zero-order valence-corrected chi connectivity index (χ0v) is 15.9. The number of benzene rings is 1. The summed E-state index contributed by atoms with van der Waals surface area (Å²) >= 11 is 1.58. The van der Waals surface area contributed by atoms with Gasteiger partial charge in [-0.2, -0.15) is 5.26 Å². The largest absolute Gasteiger partial charge is 0.454 e. The fourth-order valence-corrected chi connectivity index (χ4v) is 5.13. The van der Waals surface area contributed by atoms with Gasteiger partial charge in [0, 0.05) is 25.8 Å². The average molecular weight is 387 g/mol. The van der Waals surface area contributed by atoms with Crippen LogP contribution in [0.4, 0.5) is 0 Å². The number of carbonyl (C=O) groups is 3. The summed E-state index contributed by atoms with van der Waals surface area (Å²) in [5, 5.41) is 8.58. The number of ether oxygens (including phenoxy) is 1. The van der Waals surface area contributed by atoms with Gasteiger partial charge < -0.3 is 14.5 Å². The van der Waals surface area contributed by atoms with Gasteiger partial charge in [0.05, 0.1) is 12.5 Å². The lowest BCUT2D eigenvalue weighted by atomic mass is 10.0. The molecule has 2 aliphatic rings. The molecule has 2 fully saturated rings. The Labute approximate surface area is 162 Å². The molecule has 0 unspecified atom stereocenters. The fraction of sp³-hybridized carbons (Fsp3) is 0.474. The van der Waals surface area contributed by atoms with Crippen LogP contribution in [-0.2, 0) is 24.0 Å². The third kappa shape index (κ3) is 3.65. The molecule has 0 aliphatic carbocycles. The van der Waals surface area contributed by atoms with E-state index in [0.29, 0.717) is 18.6 Å². The number of carbonyl (C=O) groups excluding carboxylic acids is 3. The first kappa shape index (κ1) is 19.2. The molecule has 1 aromatic rings. The Morgan fingerprint density at radius 2 is 2.15 bits per heavy atom. The Balaban J connectivity index is 1.67. The number of nitriles is 1. The van der Waals surface area contributed by atoms with Gasteiger partial charge in [-0.25, -0.2) is 4.79 Å². The van der Waals surface area contributed by atoms with Gasteiger partial charge in [-0.3, -0.25) is 9.59 Å². The van der Waals surface area contributed by atoms with Crippen LogP contribution >= 0.6 is 11.8 Å². The molecule has 0 bridgehead atoms. The SMILES string of the molecule is CN(CCC#N)C(=O)COC(=O)[C@@H]1CS[C@]2(c3ccccc3)CCC(=O)N12. The van der Waals surface area contributed by atoms with E-state index in [4.69, 9.17) is 10.00 Å². The average Bonchev–Trinajstić information content (AvgIpc) is 3.24. The van der Waals surface area contributed by atoms with Gasteiger partial charge in [-0.05, 0) is 12.0 Å². The van der Waals surface area contributed by atoms with E-state index in [1.165, 1.54) is 4.90 Å². The summed E-state index contributed by atoms with van der Waals surface area (Å²) in [7, 11) is 1.56. The molecule has 0 radical (unpaired) electrons. The van der Waals surface area contributed by atoms with Crippen LogP contribution in [0.1, 0.15) is 24.8 Å². The van der Waals surface area contributed by atoms with E-state index in [1.54, 1.807) is 23.7 Å². The molecule has 1 aromatic carbocycles. The zero-order chi connectivity index (χ0) is 19.4. The second-order valence-electron chi connectivity index (χ2n) is 6.57. The van der Waals surface area contributed by atoms with Crippen molar-refractivity contribution in [1.82, 2.24) is 9.80 Å². The Morgan fingerprint density at radius 1 is 1.41 bits per heavy atom. The molecule has 2 saturated heterocycles. The Morgan fingerprint density at radius 3 is 2.85 bits per heavy atom. The number of hydrogen-bond acceptors (Lipinski definition) is 6. The van der Waals surface area contributed by atoms with E-state index in [1.807, 2.05) is 36.4 Å². The van der Waals surface area contributed by atoms with E-state index in [2.05, 4.69) is 0 Å². The second kappa shape index (κ2) is 8.01. The zero-order valence-electron chi connectivity index (χ0n) is 15.1. The summed E-state index contributed by atoms with van der Waals surface area (Å²) in [5.41, 5.74) is 1.00. The number of thioether (sulfide) groups is 1. The smallest absolute Gasteiger partial charge is 0.330 e. The molecular formula is C19H21N3O4S. The molecule has 0 saturated carbocycles. The normalized spacial score (nSPS) is 23.6. The van der Waals surface area contributed by atoms with Crippen LogP contribution in [0.2, 0.25) is 0 Å². The maximum absolute atomic E-state index is 12.6. The van der Waals surface area contributed by atoms with Crippen molar-refractivity contribution >= 4 is 29.5 Å².